The first-order valence-corrected chi connectivity index (χ1v) is 9.11. The maximum absolute atomic E-state index is 12.2. The maximum Gasteiger partial charge on any atom is 0.227 e. The van der Waals surface area contributed by atoms with E-state index in [2.05, 4.69) is 43.7 Å². The van der Waals surface area contributed by atoms with E-state index in [0.717, 1.165) is 26.4 Å². The first-order chi connectivity index (χ1) is 13.2. The van der Waals surface area contributed by atoms with E-state index in [9.17, 15) is 9.59 Å². The second-order valence-corrected chi connectivity index (χ2v) is 6.98. The van der Waals surface area contributed by atoms with Crippen LogP contribution in [0.1, 0.15) is 21.5 Å². The number of benzene rings is 2. The number of aldehydes is 1. The lowest BCUT2D eigenvalue weighted by atomic mass is 10.1. The molecule has 2 N–H and O–H groups in total. The molecule has 2 aromatic heterocycles. The Bertz CT molecular complexity index is 1100. The summed E-state index contributed by atoms with van der Waals surface area (Å²) in [4.78, 5) is 31.2. The molecule has 0 fully saturated rings. The zero-order valence-electron chi connectivity index (χ0n) is 14.2. The number of fused-ring (bicyclic) bond motifs is 1. The summed E-state index contributed by atoms with van der Waals surface area (Å²) < 4.78 is 1.05. The number of amides is 1. The summed E-state index contributed by atoms with van der Waals surface area (Å²) in [7, 11) is 0. The Labute approximate surface area is 158 Å². The van der Waals surface area contributed by atoms with Crippen molar-refractivity contribution in [2.45, 2.75) is 13.0 Å². The molecular formula is C19H15N5O2S. The lowest BCUT2D eigenvalue weighted by Crippen LogP contribution is -2.25. The van der Waals surface area contributed by atoms with Gasteiger partial charge in [-0.15, -0.1) is 11.3 Å². The summed E-state index contributed by atoms with van der Waals surface area (Å²) in [5.41, 5.74) is 3.15. The molecule has 8 heteroatoms. The molecule has 0 aliphatic heterocycles. The number of nitrogens with zero attached hydrogens (tertiary/aromatic N) is 3. The topological polar surface area (TPSA) is 101 Å². The number of hydrogen-bond donors (Lipinski definition) is 2. The van der Waals surface area contributed by atoms with Gasteiger partial charge in [0.1, 0.15) is 10.8 Å². The van der Waals surface area contributed by atoms with Crippen molar-refractivity contribution in [3.8, 4) is 11.1 Å². The van der Waals surface area contributed by atoms with E-state index in [-0.39, 0.29) is 24.7 Å². The minimum atomic E-state index is -0.165. The quantitative estimate of drug-likeness (QED) is 0.503. The molecule has 1 amide bonds. The van der Waals surface area contributed by atoms with E-state index in [0.29, 0.717) is 12.1 Å². The van der Waals surface area contributed by atoms with Crippen molar-refractivity contribution >= 4 is 33.7 Å². The summed E-state index contributed by atoms with van der Waals surface area (Å²) in [6.07, 6.45) is 0.737. The molecule has 0 saturated carbocycles. The van der Waals surface area contributed by atoms with Crippen LogP contribution in [-0.2, 0) is 17.8 Å². The normalized spacial score (nSPS) is 10.8. The largest absolute Gasteiger partial charge is 0.348 e. The Morgan fingerprint density at radius 1 is 1.11 bits per heavy atom. The Balaban J connectivity index is 1.44. The van der Waals surface area contributed by atoms with Crippen LogP contribution in [0, 0.1) is 0 Å². The van der Waals surface area contributed by atoms with Crippen LogP contribution in [0.15, 0.2) is 48.5 Å². The first kappa shape index (κ1) is 17.0. The fourth-order valence-corrected chi connectivity index (χ4v) is 3.69. The van der Waals surface area contributed by atoms with Gasteiger partial charge in [-0.1, -0.05) is 36.4 Å². The van der Waals surface area contributed by atoms with Gasteiger partial charge in [0.05, 0.1) is 23.2 Å². The van der Waals surface area contributed by atoms with Crippen molar-refractivity contribution in [2.24, 2.45) is 0 Å². The van der Waals surface area contributed by atoms with Gasteiger partial charge in [-0.2, -0.15) is 5.10 Å². The molecule has 27 heavy (non-hydrogen) atoms. The van der Waals surface area contributed by atoms with Crippen LogP contribution in [0.25, 0.3) is 21.3 Å². The van der Waals surface area contributed by atoms with Crippen LogP contribution in [0.4, 0.5) is 0 Å². The number of thiazole rings is 1. The van der Waals surface area contributed by atoms with Gasteiger partial charge < -0.3 is 5.32 Å². The highest BCUT2D eigenvalue weighted by Crippen LogP contribution is 2.28. The average Bonchev–Trinajstić information content (AvgIpc) is 3.32. The van der Waals surface area contributed by atoms with Gasteiger partial charge in [0.15, 0.2) is 6.29 Å². The summed E-state index contributed by atoms with van der Waals surface area (Å²) in [5.74, 6) is 0.336. The third-order valence-corrected chi connectivity index (χ3v) is 4.98. The highest BCUT2D eigenvalue weighted by atomic mass is 32.1. The number of aromatic nitrogens is 4. The molecule has 4 aromatic rings. The third-order valence-electron chi connectivity index (χ3n) is 3.96. The fourth-order valence-electron chi connectivity index (χ4n) is 2.68. The minimum Gasteiger partial charge on any atom is -0.348 e. The van der Waals surface area contributed by atoms with Gasteiger partial charge in [-0.25, -0.2) is 9.97 Å². The molecule has 7 nitrogen and oxygen atoms in total. The molecule has 134 valence electrons. The predicted octanol–water partition coefficient (Wildman–Crippen LogP) is 2.75. The second kappa shape index (κ2) is 7.46. The number of H-pyrrole nitrogens is 1. The van der Waals surface area contributed by atoms with E-state index in [4.69, 9.17) is 0 Å². The van der Waals surface area contributed by atoms with Gasteiger partial charge in [0.2, 0.25) is 11.7 Å². The van der Waals surface area contributed by atoms with Crippen molar-refractivity contribution in [3.63, 3.8) is 0 Å². The zero-order chi connectivity index (χ0) is 18.6. The van der Waals surface area contributed by atoms with E-state index in [1.807, 2.05) is 30.3 Å². The number of hydrogen-bond acceptors (Lipinski definition) is 6. The molecule has 2 heterocycles. The Hall–Kier alpha value is -3.39. The molecular weight excluding hydrogens is 362 g/mol. The van der Waals surface area contributed by atoms with Crippen molar-refractivity contribution in [1.29, 1.82) is 0 Å². The summed E-state index contributed by atoms with van der Waals surface area (Å²) in [6, 6.07) is 16.2. The maximum atomic E-state index is 12.2. The molecule has 0 aliphatic rings. The molecule has 0 bridgehead atoms. The molecule has 0 atom stereocenters. The van der Waals surface area contributed by atoms with Crippen molar-refractivity contribution in [2.75, 3.05) is 0 Å². The third kappa shape index (κ3) is 3.90. The fraction of sp³-hybridized carbons (Fsp3) is 0.105. The molecule has 0 spiro atoms. The highest BCUT2D eigenvalue weighted by Gasteiger charge is 2.11. The van der Waals surface area contributed by atoms with E-state index < -0.39 is 0 Å². The van der Waals surface area contributed by atoms with Crippen molar-refractivity contribution < 1.29 is 9.59 Å². The van der Waals surface area contributed by atoms with E-state index in [1.54, 1.807) is 0 Å². The SMILES string of the molecule is O=Cc1n[nH]c(CNC(=O)Cc2nc3ccc(-c4ccccc4)cc3s2)n1. The summed E-state index contributed by atoms with van der Waals surface area (Å²) in [5, 5.41) is 9.79. The van der Waals surface area contributed by atoms with Crippen LogP contribution < -0.4 is 5.32 Å². The van der Waals surface area contributed by atoms with Gasteiger partial charge in [0, 0.05) is 0 Å². The zero-order valence-corrected chi connectivity index (χ0v) is 15.0. The molecule has 2 aromatic carbocycles. The van der Waals surface area contributed by atoms with Crippen LogP contribution in [0.2, 0.25) is 0 Å². The van der Waals surface area contributed by atoms with E-state index >= 15 is 0 Å². The number of carbonyl (C=O) groups is 2. The number of carbonyl (C=O) groups excluding carboxylic acids is 2. The smallest absolute Gasteiger partial charge is 0.227 e. The van der Waals surface area contributed by atoms with Crippen LogP contribution >= 0.6 is 11.3 Å². The van der Waals surface area contributed by atoms with Crippen LogP contribution in [0.3, 0.4) is 0 Å². The Kier molecular flexibility index (Phi) is 4.71. The van der Waals surface area contributed by atoms with Gasteiger partial charge in [-0.3, -0.25) is 14.7 Å². The van der Waals surface area contributed by atoms with E-state index in [1.165, 1.54) is 11.3 Å². The first-order valence-electron chi connectivity index (χ1n) is 8.29. The standard InChI is InChI=1S/C19H15N5O2S/c25-11-17-22-16(23-24-17)10-20-18(26)9-19-21-14-7-6-13(8-15(14)27-19)12-4-2-1-3-5-12/h1-8,11H,9-10H2,(H,20,26)(H,22,23,24). The number of aromatic amines is 1. The molecule has 0 saturated heterocycles. The molecule has 4 rings (SSSR count). The lowest BCUT2D eigenvalue weighted by Gasteiger charge is -2.00. The van der Waals surface area contributed by atoms with Crippen LogP contribution in [0.5, 0.6) is 0 Å². The summed E-state index contributed by atoms with van der Waals surface area (Å²) >= 11 is 1.51. The van der Waals surface area contributed by atoms with Crippen molar-refractivity contribution in [3.05, 3.63) is 65.2 Å². The molecule has 0 aliphatic carbocycles. The predicted molar refractivity (Wildman–Crippen MR) is 102 cm³/mol. The van der Waals surface area contributed by atoms with Gasteiger partial charge in [-0.05, 0) is 23.3 Å². The minimum absolute atomic E-state index is 0.0691. The van der Waals surface area contributed by atoms with Gasteiger partial charge >= 0.3 is 0 Å². The van der Waals surface area contributed by atoms with Gasteiger partial charge in [0.25, 0.3) is 0 Å². The second-order valence-electron chi connectivity index (χ2n) is 5.87. The van der Waals surface area contributed by atoms with Crippen LogP contribution in [-0.4, -0.2) is 32.4 Å². The average molecular weight is 377 g/mol. The van der Waals surface area contributed by atoms with Crippen molar-refractivity contribution in [1.82, 2.24) is 25.5 Å². The highest BCUT2D eigenvalue weighted by molar-refractivity contribution is 7.18. The summed E-state index contributed by atoms with van der Waals surface area (Å²) in [6.45, 7) is 0.183. The molecule has 0 unspecified atom stereocenters. The monoisotopic (exact) mass is 377 g/mol. The number of rotatable bonds is 6. The Morgan fingerprint density at radius 3 is 2.74 bits per heavy atom. The number of nitrogens with one attached hydrogen (secondary N) is 2. The molecule has 0 radical (unpaired) electrons. The lowest BCUT2D eigenvalue weighted by molar-refractivity contribution is -0.120. The Morgan fingerprint density at radius 2 is 1.96 bits per heavy atom.